The number of ether oxygens (including phenoxy) is 2. The van der Waals surface area contributed by atoms with E-state index in [9.17, 15) is 4.79 Å². The Morgan fingerprint density at radius 2 is 1.50 bits per heavy atom. The summed E-state index contributed by atoms with van der Waals surface area (Å²) in [6, 6.07) is 25.2. The van der Waals surface area contributed by atoms with Gasteiger partial charge in [-0.25, -0.2) is 9.97 Å². The van der Waals surface area contributed by atoms with E-state index >= 15 is 0 Å². The van der Waals surface area contributed by atoms with E-state index < -0.39 is 0 Å². The highest BCUT2D eigenvalue weighted by atomic mass is 16.5. The number of anilines is 1. The lowest BCUT2D eigenvalue weighted by Gasteiger charge is -2.15. The third-order valence-electron chi connectivity index (χ3n) is 5.70. The van der Waals surface area contributed by atoms with Crippen molar-refractivity contribution in [1.29, 1.82) is 0 Å². The van der Waals surface area contributed by atoms with Crippen molar-refractivity contribution in [3.8, 4) is 22.8 Å². The highest BCUT2D eigenvalue weighted by Gasteiger charge is 2.19. The zero-order chi connectivity index (χ0) is 23.9. The molecule has 1 aromatic heterocycles. The minimum Gasteiger partial charge on any atom is -0.497 e. The first-order valence-corrected chi connectivity index (χ1v) is 11.1. The lowest BCUT2D eigenvalue weighted by molar-refractivity contribution is -0.117. The maximum absolute atomic E-state index is 13.1. The van der Waals surface area contributed by atoms with Crippen molar-refractivity contribution in [3.05, 3.63) is 102 Å². The number of benzene rings is 3. The molecule has 0 saturated heterocycles. The average molecular weight is 454 g/mol. The molecule has 0 aliphatic heterocycles. The van der Waals surface area contributed by atoms with Crippen LogP contribution in [-0.2, 0) is 11.2 Å². The molecule has 6 nitrogen and oxygen atoms in total. The summed E-state index contributed by atoms with van der Waals surface area (Å²) in [7, 11) is 3.25. The molecule has 4 aromatic rings. The SMILES string of the molecule is COc1ccc(-c2cnc(NC(=O)C(C)c3ccc(OC)cc3)c(Cc3ccccc3)n2)cc1. The molecule has 0 fully saturated rings. The third-order valence-corrected chi connectivity index (χ3v) is 5.70. The first kappa shape index (κ1) is 23.0. The molecule has 0 bridgehead atoms. The van der Waals surface area contributed by atoms with Crippen LogP contribution in [0.1, 0.15) is 29.7 Å². The number of amides is 1. The first-order chi connectivity index (χ1) is 16.6. The van der Waals surface area contributed by atoms with Crippen LogP contribution in [0.4, 0.5) is 5.82 Å². The summed E-state index contributed by atoms with van der Waals surface area (Å²) in [5, 5.41) is 2.99. The van der Waals surface area contributed by atoms with Gasteiger partial charge >= 0.3 is 0 Å². The maximum atomic E-state index is 13.1. The molecule has 1 unspecified atom stereocenters. The van der Waals surface area contributed by atoms with E-state index in [4.69, 9.17) is 14.5 Å². The third kappa shape index (κ3) is 5.41. The standard InChI is InChI=1S/C28H27N3O3/c1-19(21-9-13-23(33-2)14-10-21)28(32)31-27-25(17-20-7-5-4-6-8-20)30-26(18-29-27)22-11-15-24(34-3)16-12-22/h4-16,18-19H,17H2,1-3H3,(H,29,31,32). The Morgan fingerprint density at radius 3 is 2.12 bits per heavy atom. The number of hydrogen-bond acceptors (Lipinski definition) is 5. The Kier molecular flexibility index (Phi) is 7.18. The molecular formula is C28H27N3O3. The minimum absolute atomic E-state index is 0.147. The van der Waals surface area contributed by atoms with E-state index in [1.165, 1.54) is 0 Å². The fourth-order valence-electron chi connectivity index (χ4n) is 3.61. The van der Waals surface area contributed by atoms with Crippen LogP contribution in [0.5, 0.6) is 11.5 Å². The van der Waals surface area contributed by atoms with Crippen molar-refractivity contribution in [2.24, 2.45) is 0 Å². The highest BCUT2D eigenvalue weighted by molar-refractivity contribution is 5.95. The number of nitrogens with zero attached hydrogens (tertiary/aromatic N) is 2. The second kappa shape index (κ2) is 10.6. The number of rotatable bonds is 8. The Labute approximate surface area is 199 Å². The van der Waals surface area contributed by atoms with Gasteiger partial charge in [-0.15, -0.1) is 0 Å². The number of aromatic nitrogens is 2. The van der Waals surface area contributed by atoms with Gasteiger partial charge in [0.2, 0.25) is 5.91 Å². The lowest BCUT2D eigenvalue weighted by atomic mass is 10.00. The van der Waals surface area contributed by atoms with Crippen molar-refractivity contribution in [1.82, 2.24) is 9.97 Å². The van der Waals surface area contributed by atoms with Crippen molar-refractivity contribution in [2.45, 2.75) is 19.3 Å². The van der Waals surface area contributed by atoms with Gasteiger partial charge in [0.15, 0.2) is 5.82 Å². The molecule has 4 rings (SSSR count). The predicted octanol–water partition coefficient (Wildman–Crippen LogP) is 5.49. The average Bonchev–Trinajstić information content (AvgIpc) is 2.90. The van der Waals surface area contributed by atoms with E-state index in [-0.39, 0.29) is 11.8 Å². The van der Waals surface area contributed by atoms with Gasteiger partial charge in [0.1, 0.15) is 11.5 Å². The molecule has 0 aliphatic rings. The van der Waals surface area contributed by atoms with Gasteiger partial charge in [-0.2, -0.15) is 0 Å². The largest absolute Gasteiger partial charge is 0.497 e. The number of carbonyl (C=O) groups excluding carboxylic acids is 1. The predicted molar refractivity (Wildman–Crippen MR) is 133 cm³/mol. The van der Waals surface area contributed by atoms with Crippen LogP contribution in [0.15, 0.2) is 85.1 Å². The van der Waals surface area contributed by atoms with Crippen LogP contribution in [0.2, 0.25) is 0 Å². The fourth-order valence-corrected chi connectivity index (χ4v) is 3.61. The fraction of sp³-hybridized carbons (Fsp3) is 0.179. The molecule has 1 amide bonds. The number of hydrogen-bond donors (Lipinski definition) is 1. The van der Waals surface area contributed by atoms with Crippen molar-refractivity contribution >= 4 is 11.7 Å². The molecule has 6 heteroatoms. The molecule has 0 radical (unpaired) electrons. The molecule has 34 heavy (non-hydrogen) atoms. The first-order valence-electron chi connectivity index (χ1n) is 11.1. The highest BCUT2D eigenvalue weighted by Crippen LogP contribution is 2.25. The quantitative estimate of drug-likeness (QED) is 0.382. The molecular weight excluding hydrogens is 426 g/mol. The van der Waals surface area contributed by atoms with E-state index in [0.29, 0.717) is 17.9 Å². The molecule has 0 saturated carbocycles. The van der Waals surface area contributed by atoms with Gasteiger partial charge in [0.25, 0.3) is 0 Å². The lowest BCUT2D eigenvalue weighted by Crippen LogP contribution is -2.21. The normalized spacial score (nSPS) is 11.5. The summed E-state index contributed by atoms with van der Waals surface area (Å²) in [5.74, 6) is 1.48. The van der Waals surface area contributed by atoms with Gasteiger partial charge in [-0.1, -0.05) is 42.5 Å². The molecule has 1 N–H and O–H groups in total. The summed E-state index contributed by atoms with van der Waals surface area (Å²) in [5.41, 5.74) is 4.34. The minimum atomic E-state index is -0.362. The van der Waals surface area contributed by atoms with E-state index in [2.05, 4.69) is 10.3 Å². The molecule has 172 valence electrons. The number of carbonyl (C=O) groups is 1. The van der Waals surface area contributed by atoms with Gasteiger partial charge in [0, 0.05) is 12.0 Å². The van der Waals surface area contributed by atoms with Crippen molar-refractivity contribution in [3.63, 3.8) is 0 Å². The van der Waals surface area contributed by atoms with Gasteiger partial charge in [-0.3, -0.25) is 4.79 Å². The number of nitrogens with one attached hydrogen (secondary N) is 1. The monoisotopic (exact) mass is 453 g/mol. The Morgan fingerprint density at radius 1 is 0.882 bits per heavy atom. The zero-order valence-electron chi connectivity index (χ0n) is 19.5. The van der Waals surface area contributed by atoms with E-state index in [1.807, 2.05) is 85.8 Å². The maximum Gasteiger partial charge on any atom is 0.232 e. The summed E-state index contributed by atoms with van der Waals surface area (Å²) >= 11 is 0. The van der Waals surface area contributed by atoms with Gasteiger partial charge in [0.05, 0.1) is 37.7 Å². The Bertz CT molecular complexity index is 1240. The second-order valence-corrected chi connectivity index (χ2v) is 7.93. The Hall–Kier alpha value is -4.19. The van der Waals surface area contributed by atoms with E-state index in [0.717, 1.165) is 33.9 Å². The van der Waals surface area contributed by atoms with Gasteiger partial charge < -0.3 is 14.8 Å². The molecule has 0 spiro atoms. The van der Waals surface area contributed by atoms with E-state index in [1.54, 1.807) is 20.4 Å². The molecule has 1 heterocycles. The summed E-state index contributed by atoms with van der Waals surface area (Å²) < 4.78 is 10.5. The molecule has 1 atom stereocenters. The van der Waals surface area contributed by atoms with Crippen molar-refractivity contribution in [2.75, 3.05) is 19.5 Å². The summed E-state index contributed by atoms with van der Waals surface area (Å²) in [6.45, 7) is 1.87. The number of methoxy groups -OCH3 is 2. The zero-order valence-corrected chi connectivity index (χ0v) is 19.5. The van der Waals surface area contributed by atoms with Crippen molar-refractivity contribution < 1.29 is 14.3 Å². The van der Waals surface area contributed by atoms with Crippen LogP contribution >= 0.6 is 0 Å². The van der Waals surface area contributed by atoms with Gasteiger partial charge in [-0.05, 0) is 54.4 Å². The van der Waals surface area contributed by atoms with Crippen LogP contribution in [0.25, 0.3) is 11.3 Å². The Balaban J connectivity index is 1.62. The topological polar surface area (TPSA) is 73.3 Å². The van der Waals surface area contributed by atoms with Crippen LogP contribution in [-0.4, -0.2) is 30.1 Å². The smallest absolute Gasteiger partial charge is 0.232 e. The molecule has 0 aliphatic carbocycles. The summed E-state index contributed by atoms with van der Waals surface area (Å²) in [6.07, 6.45) is 2.23. The van der Waals surface area contributed by atoms with Crippen LogP contribution in [0.3, 0.4) is 0 Å². The van der Waals surface area contributed by atoms with Crippen LogP contribution in [0, 0.1) is 0 Å². The van der Waals surface area contributed by atoms with Crippen LogP contribution < -0.4 is 14.8 Å². The second-order valence-electron chi connectivity index (χ2n) is 7.93. The molecule has 3 aromatic carbocycles. The summed E-state index contributed by atoms with van der Waals surface area (Å²) in [4.78, 5) is 22.5.